The number of aliphatic hydroxyl groups excluding tert-OH is 1. The Kier molecular flexibility index (Phi) is 5.31. The Bertz CT molecular complexity index is 432. The Labute approximate surface area is 121 Å². The van der Waals surface area contributed by atoms with Crippen LogP contribution in [0.1, 0.15) is 37.7 Å². The van der Waals surface area contributed by atoms with E-state index in [1.807, 2.05) is 13.0 Å². The van der Waals surface area contributed by atoms with Gasteiger partial charge in [0.1, 0.15) is 11.6 Å². The van der Waals surface area contributed by atoms with Crippen LogP contribution in [0.5, 0.6) is 0 Å². The molecule has 1 aliphatic rings. The Morgan fingerprint density at radius 1 is 1.40 bits per heavy atom. The van der Waals surface area contributed by atoms with Gasteiger partial charge in [0.05, 0.1) is 12.6 Å². The third kappa shape index (κ3) is 4.42. The molecule has 0 unspecified atom stereocenters. The normalized spacial score (nSPS) is 21.9. The van der Waals surface area contributed by atoms with Gasteiger partial charge in [-0.1, -0.05) is 6.92 Å². The zero-order valence-corrected chi connectivity index (χ0v) is 12.8. The zero-order valence-electron chi connectivity index (χ0n) is 12.8. The summed E-state index contributed by atoms with van der Waals surface area (Å²) < 4.78 is 0. The standard InChI is InChI=1S/C15H26N4O/c1-4-5-16-14-6-11(2)17-15(18-14)10-19(3)9-12-7-13(20)8-12/h6,12-13,20H,4-5,7-10H2,1-3H3,(H,16,17,18). The molecule has 1 aromatic rings. The summed E-state index contributed by atoms with van der Waals surface area (Å²) in [6.45, 7) is 6.85. The van der Waals surface area contributed by atoms with Crippen LogP contribution < -0.4 is 5.32 Å². The number of aliphatic hydroxyl groups is 1. The average Bonchev–Trinajstić information content (AvgIpc) is 2.33. The van der Waals surface area contributed by atoms with Crippen molar-refractivity contribution in [2.75, 3.05) is 25.5 Å². The second kappa shape index (κ2) is 6.99. The van der Waals surface area contributed by atoms with Crippen molar-refractivity contribution in [2.24, 2.45) is 5.92 Å². The molecule has 0 atom stereocenters. The molecule has 5 nitrogen and oxygen atoms in total. The summed E-state index contributed by atoms with van der Waals surface area (Å²) >= 11 is 0. The molecule has 2 N–H and O–H groups in total. The van der Waals surface area contributed by atoms with Gasteiger partial charge in [-0.3, -0.25) is 4.90 Å². The van der Waals surface area contributed by atoms with Crippen molar-refractivity contribution in [3.8, 4) is 0 Å². The van der Waals surface area contributed by atoms with E-state index in [-0.39, 0.29) is 6.10 Å². The fraction of sp³-hybridized carbons (Fsp3) is 0.733. The number of anilines is 1. The minimum absolute atomic E-state index is 0.0755. The third-order valence-corrected chi connectivity index (χ3v) is 3.65. The number of aryl methyl sites for hydroxylation is 1. The highest BCUT2D eigenvalue weighted by atomic mass is 16.3. The van der Waals surface area contributed by atoms with Gasteiger partial charge in [0, 0.05) is 24.8 Å². The van der Waals surface area contributed by atoms with Crippen LogP contribution in [-0.2, 0) is 6.54 Å². The SMILES string of the molecule is CCCNc1cc(C)nc(CN(C)CC2CC(O)C2)n1. The first-order chi connectivity index (χ1) is 9.56. The molecule has 0 amide bonds. The maximum Gasteiger partial charge on any atom is 0.144 e. The monoisotopic (exact) mass is 278 g/mol. The molecule has 2 rings (SSSR count). The van der Waals surface area contributed by atoms with Gasteiger partial charge in [0.2, 0.25) is 0 Å². The van der Waals surface area contributed by atoms with Gasteiger partial charge in [-0.15, -0.1) is 0 Å². The van der Waals surface area contributed by atoms with Crippen molar-refractivity contribution in [3.63, 3.8) is 0 Å². The molecule has 1 aromatic heterocycles. The number of nitrogens with zero attached hydrogens (tertiary/aromatic N) is 3. The lowest BCUT2D eigenvalue weighted by Gasteiger charge is -2.34. The molecule has 0 saturated heterocycles. The average molecular weight is 278 g/mol. The van der Waals surface area contributed by atoms with Crippen LogP contribution in [0.2, 0.25) is 0 Å². The molecule has 0 radical (unpaired) electrons. The molecule has 1 aliphatic carbocycles. The summed E-state index contributed by atoms with van der Waals surface area (Å²) in [7, 11) is 2.09. The van der Waals surface area contributed by atoms with Gasteiger partial charge in [0.25, 0.3) is 0 Å². The highest BCUT2D eigenvalue weighted by Crippen LogP contribution is 2.27. The molecule has 0 bridgehead atoms. The van der Waals surface area contributed by atoms with E-state index < -0.39 is 0 Å². The Morgan fingerprint density at radius 2 is 2.15 bits per heavy atom. The van der Waals surface area contributed by atoms with Gasteiger partial charge in [-0.25, -0.2) is 9.97 Å². The highest BCUT2D eigenvalue weighted by Gasteiger charge is 2.27. The van der Waals surface area contributed by atoms with E-state index in [4.69, 9.17) is 0 Å². The quantitative estimate of drug-likeness (QED) is 0.796. The molecular weight excluding hydrogens is 252 g/mol. The van der Waals surface area contributed by atoms with Crippen LogP contribution in [-0.4, -0.2) is 46.2 Å². The molecule has 1 saturated carbocycles. The summed E-state index contributed by atoms with van der Waals surface area (Å²) in [5.41, 5.74) is 1.00. The molecular formula is C15H26N4O. The van der Waals surface area contributed by atoms with E-state index in [0.717, 1.165) is 56.2 Å². The van der Waals surface area contributed by atoms with Crippen LogP contribution in [0.4, 0.5) is 5.82 Å². The van der Waals surface area contributed by atoms with Gasteiger partial charge in [-0.05, 0) is 39.2 Å². The number of hydrogen-bond acceptors (Lipinski definition) is 5. The lowest BCUT2D eigenvalue weighted by atomic mass is 9.82. The number of rotatable bonds is 7. The van der Waals surface area contributed by atoms with E-state index in [1.54, 1.807) is 0 Å². The van der Waals surface area contributed by atoms with Crippen LogP contribution >= 0.6 is 0 Å². The number of hydrogen-bond donors (Lipinski definition) is 2. The summed E-state index contributed by atoms with van der Waals surface area (Å²) in [6.07, 6.45) is 2.88. The molecule has 1 fully saturated rings. The van der Waals surface area contributed by atoms with Crippen molar-refractivity contribution in [3.05, 3.63) is 17.6 Å². The molecule has 0 aromatic carbocycles. The van der Waals surface area contributed by atoms with E-state index in [0.29, 0.717) is 5.92 Å². The van der Waals surface area contributed by atoms with E-state index >= 15 is 0 Å². The van der Waals surface area contributed by atoms with Gasteiger partial charge >= 0.3 is 0 Å². The maximum atomic E-state index is 9.32. The van der Waals surface area contributed by atoms with Crippen molar-refractivity contribution < 1.29 is 5.11 Å². The molecule has 0 spiro atoms. The summed E-state index contributed by atoms with van der Waals surface area (Å²) in [6, 6.07) is 1.99. The zero-order chi connectivity index (χ0) is 14.5. The third-order valence-electron chi connectivity index (χ3n) is 3.65. The second-order valence-corrected chi connectivity index (χ2v) is 5.93. The fourth-order valence-electron chi connectivity index (χ4n) is 2.64. The summed E-state index contributed by atoms with van der Waals surface area (Å²) in [4.78, 5) is 11.3. The molecule has 20 heavy (non-hydrogen) atoms. The maximum absolute atomic E-state index is 9.32. The number of nitrogens with one attached hydrogen (secondary N) is 1. The lowest BCUT2D eigenvalue weighted by Crippen LogP contribution is -2.37. The van der Waals surface area contributed by atoms with Crippen molar-refractivity contribution in [2.45, 2.75) is 45.8 Å². The first kappa shape index (κ1) is 15.2. The Balaban J connectivity index is 1.88. The minimum Gasteiger partial charge on any atom is -0.393 e. The summed E-state index contributed by atoms with van der Waals surface area (Å²) in [5, 5.41) is 12.6. The van der Waals surface area contributed by atoms with Gasteiger partial charge in [-0.2, -0.15) is 0 Å². The van der Waals surface area contributed by atoms with Crippen LogP contribution in [0.25, 0.3) is 0 Å². The fourth-order valence-corrected chi connectivity index (χ4v) is 2.64. The molecule has 112 valence electrons. The number of aromatic nitrogens is 2. The topological polar surface area (TPSA) is 61.3 Å². The van der Waals surface area contributed by atoms with Crippen LogP contribution in [0, 0.1) is 12.8 Å². The van der Waals surface area contributed by atoms with Crippen molar-refractivity contribution in [1.29, 1.82) is 0 Å². The minimum atomic E-state index is -0.0755. The Hall–Kier alpha value is -1.20. The molecule has 5 heteroatoms. The predicted molar refractivity (Wildman–Crippen MR) is 80.6 cm³/mol. The largest absolute Gasteiger partial charge is 0.393 e. The van der Waals surface area contributed by atoms with E-state index in [2.05, 4.69) is 34.2 Å². The van der Waals surface area contributed by atoms with Crippen LogP contribution in [0.15, 0.2) is 6.07 Å². The van der Waals surface area contributed by atoms with Crippen molar-refractivity contribution in [1.82, 2.24) is 14.9 Å². The highest BCUT2D eigenvalue weighted by molar-refractivity contribution is 5.35. The van der Waals surface area contributed by atoms with E-state index in [1.165, 1.54) is 0 Å². The van der Waals surface area contributed by atoms with Gasteiger partial charge in [0.15, 0.2) is 0 Å². The first-order valence-electron chi connectivity index (χ1n) is 7.52. The van der Waals surface area contributed by atoms with E-state index in [9.17, 15) is 5.11 Å². The smallest absolute Gasteiger partial charge is 0.144 e. The van der Waals surface area contributed by atoms with Crippen molar-refractivity contribution >= 4 is 5.82 Å². The predicted octanol–water partition coefficient (Wildman–Crippen LogP) is 1.81. The Morgan fingerprint density at radius 3 is 2.80 bits per heavy atom. The van der Waals surface area contributed by atoms with Gasteiger partial charge < -0.3 is 10.4 Å². The second-order valence-electron chi connectivity index (χ2n) is 5.93. The first-order valence-corrected chi connectivity index (χ1v) is 7.52. The van der Waals surface area contributed by atoms with Crippen LogP contribution in [0.3, 0.4) is 0 Å². The molecule has 0 aliphatic heterocycles. The lowest BCUT2D eigenvalue weighted by molar-refractivity contribution is 0.0271. The summed E-state index contributed by atoms with van der Waals surface area (Å²) in [5.74, 6) is 2.41. The molecule has 1 heterocycles.